The first-order chi connectivity index (χ1) is 29.5. The van der Waals surface area contributed by atoms with Crippen LogP contribution in [0.25, 0.3) is 0 Å². The maximum absolute atomic E-state index is 12.8. The van der Waals surface area contributed by atoms with E-state index in [0.717, 1.165) is 77.0 Å². The summed E-state index contributed by atoms with van der Waals surface area (Å²) in [5.74, 6) is -0.993. The number of carbonyl (C=O) groups excluding carboxylic acids is 3. The molecule has 344 valence electrons. The average Bonchev–Trinajstić information content (AvgIpc) is 3.24. The molecular weight excluding hydrogens is 745 g/mol. The monoisotopic (exact) mass is 837 g/mol. The van der Waals surface area contributed by atoms with Gasteiger partial charge in [-0.15, -0.1) is 0 Å². The Kier molecular flexibility index (Phi) is 46.0. The van der Waals surface area contributed by atoms with Crippen molar-refractivity contribution in [3.63, 3.8) is 0 Å². The van der Waals surface area contributed by atoms with Gasteiger partial charge >= 0.3 is 17.9 Å². The molecule has 0 aromatic rings. The van der Waals surface area contributed by atoms with Crippen LogP contribution >= 0.6 is 0 Å². The molecule has 6 nitrogen and oxygen atoms in total. The van der Waals surface area contributed by atoms with E-state index in [4.69, 9.17) is 14.2 Å². The van der Waals surface area contributed by atoms with Crippen molar-refractivity contribution in [1.82, 2.24) is 0 Å². The lowest BCUT2D eigenvalue weighted by Gasteiger charge is -2.18. The van der Waals surface area contributed by atoms with E-state index >= 15 is 0 Å². The lowest BCUT2D eigenvalue weighted by molar-refractivity contribution is -0.166. The van der Waals surface area contributed by atoms with Gasteiger partial charge in [-0.3, -0.25) is 14.4 Å². The van der Waals surface area contributed by atoms with E-state index in [9.17, 15) is 14.4 Å². The van der Waals surface area contributed by atoms with E-state index in [0.29, 0.717) is 19.3 Å². The minimum atomic E-state index is -0.804. The Morgan fingerprint density at radius 3 is 1.25 bits per heavy atom. The van der Waals surface area contributed by atoms with Crippen molar-refractivity contribution in [2.45, 2.75) is 239 Å². The van der Waals surface area contributed by atoms with Crippen molar-refractivity contribution in [2.75, 3.05) is 13.2 Å². The number of unbranched alkanes of at least 4 members (excludes halogenated alkanes) is 24. The van der Waals surface area contributed by atoms with E-state index in [1.807, 2.05) is 24.3 Å². The van der Waals surface area contributed by atoms with Crippen LogP contribution in [-0.4, -0.2) is 37.2 Å². The second-order valence-electron chi connectivity index (χ2n) is 16.4. The summed E-state index contributed by atoms with van der Waals surface area (Å²) in [6.45, 7) is 6.42. The standard InChI is InChI=1S/C54H92O6/c1-4-7-10-13-16-19-22-25-27-30-32-35-38-41-44-47-53(56)59-50-51(49-58-52(55)46-43-40-37-34-31-28-24-21-18-15-12-9-6-3)60-54(57)48-45-42-39-36-33-29-26-23-20-17-14-11-8-5-2/h7,10,13,16,19,22,25,27-28,31,37,40,51H,4-6,8-9,11-12,14-15,17-18,20-21,23-24,26,29-30,32-36,38-39,41-50H2,1-3H3/b10-7+,16-13+,22-19+,27-25+,31-28+,40-37+. The van der Waals surface area contributed by atoms with Crippen LogP contribution in [0.5, 0.6) is 0 Å². The average molecular weight is 837 g/mol. The van der Waals surface area contributed by atoms with Gasteiger partial charge in [-0.05, 0) is 57.8 Å². The lowest BCUT2D eigenvalue weighted by Crippen LogP contribution is -2.30. The van der Waals surface area contributed by atoms with E-state index in [1.54, 1.807) is 0 Å². The SMILES string of the molecule is CC/C=C/C=C/C=C/C=C/CCCCCCCC(=O)OCC(COC(=O)CC/C=C/C/C=C/CCCCCCCC)OC(=O)CCCCCCCCCCCCCCCC. The van der Waals surface area contributed by atoms with Gasteiger partial charge in [-0.25, -0.2) is 0 Å². The fourth-order valence-electron chi connectivity index (χ4n) is 6.80. The first-order valence-corrected chi connectivity index (χ1v) is 25.0. The number of esters is 3. The van der Waals surface area contributed by atoms with Gasteiger partial charge in [0.2, 0.25) is 0 Å². The summed E-state index contributed by atoms with van der Waals surface area (Å²) >= 11 is 0. The molecule has 0 aliphatic heterocycles. The highest BCUT2D eigenvalue weighted by molar-refractivity contribution is 5.71. The molecular formula is C54H92O6. The summed E-state index contributed by atoms with van der Waals surface area (Å²) in [5.41, 5.74) is 0. The van der Waals surface area contributed by atoms with Crippen LogP contribution in [-0.2, 0) is 28.6 Å². The maximum atomic E-state index is 12.8. The molecule has 0 rings (SSSR count). The Hall–Kier alpha value is -3.15. The smallest absolute Gasteiger partial charge is 0.306 e. The fourth-order valence-corrected chi connectivity index (χ4v) is 6.80. The molecule has 0 aliphatic rings. The first kappa shape index (κ1) is 56.9. The molecule has 0 aromatic heterocycles. The number of allylic oxidation sites excluding steroid dienone is 12. The van der Waals surface area contributed by atoms with Crippen LogP contribution in [0.4, 0.5) is 0 Å². The third-order valence-corrected chi connectivity index (χ3v) is 10.6. The minimum absolute atomic E-state index is 0.104. The summed E-state index contributed by atoms with van der Waals surface area (Å²) in [7, 11) is 0. The largest absolute Gasteiger partial charge is 0.462 e. The van der Waals surface area contributed by atoms with Gasteiger partial charge in [-0.1, -0.05) is 229 Å². The number of hydrogen-bond donors (Lipinski definition) is 0. The van der Waals surface area contributed by atoms with Crippen molar-refractivity contribution in [3.8, 4) is 0 Å². The Balaban J connectivity index is 4.48. The van der Waals surface area contributed by atoms with Crippen molar-refractivity contribution >= 4 is 17.9 Å². The Labute approximate surface area is 370 Å². The fraction of sp³-hybridized carbons (Fsp3) is 0.722. The van der Waals surface area contributed by atoms with Gasteiger partial charge < -0.3 is 14.2 Å². The second kappa shape index (κ2) is 48.5. The Bertz CT molecular complexity index is 1140. The molecule has 0 heterocycles. The van der Waals surface area contributed by atoms with E-state index < -0.39 is 6.10 Å². The Morgan fingerprint density at radius 1 is 0.367 bits per heavy atom. The highest BCUT2D eigenvalue weighted by Gasteiger charge is 2.19. The van der Waals surface area contributed by atoms with Crippen LogP contribution in [0.1, 0.15) is 233 Å². The van der Waals surface area contributed by atoms with Crippen LogP contribution in [0.3, 0.4) is 0 Å². The summed E-state index contributed by atoms with van der Waals surface area (Å²) in [6.07, 6.45) is 60.3. The summed E-state index contributed by atoms with van der Waals surface area (Å²) in [4.78, 5) is 37.9. The Morgan fingerprint density at radius 2 is 0.750 bits per heavy atom. The van der Waals surface area contributed by atoms with Crippen LogP contribution in [0.15, 0.2) is 72.9 Å². The molecule has 0 aromatic carbocycles. The normalized spacial score (nSPS) is 12.7. The topological polar surface area (TPSA) is 78.9 Å². The van der Waals surface area contributed by atoms with Crippen molar-refractivity contribution in [2.24, 2.45) is 0 Å². The van der Waals surface area contributed by atoms with Gasteiger partial charge in [0, 0.05) is 19.3 Å². The molecule has 1 unspecified atom stereocenters. The highest BCUT2D eigenvalue weighted by Crippen LogP contribution is 2.15. The zero-order chi connectivity index (χ0) is 43.7. The molecule has 0 spiro atoms. The maximum Gasteiger partial charge on any atom is 0.306 e. The van der Waals surface area contributed by atoms with Crippen LogP contribution in [0, 0.1) is 0 Å². The quantitative estimate of drug-likeness (QED) is 0.0200. The molecule has 6 heteroatoms. The van der Waals surface area contributed by atoms with Gasteiger partial charge in [0.25, 0.3) is 0 Å². The van der Waals surface area contributed by atoms with Crippen LogP contribution < -0.4 is 0 Å². The predicted octanol–water partition coefficient (Wildman–Crippen LogP) is 16.3. The molecule has 0 fully saturated rings. The molecule has 60 heavy (non-hydrogen) atoms. The summed E-state index contributed by atoms with van der Waals surface area (Å²) in [6, 6.07) is 0. The van der Waals surface area contributed by atoms with Gasteiger partial charge in [0.1, 0.15) is 13.2 Å². The number of carbonyl (C=O) groups is 3. The molecule has 0 amide bonds. The van der Waals surface area contributed by atoms with Crippen LogP contribution in [0.2, 0.25) is 0 Å². The van der Waals surface area contributed by atoms with Gasteiger partial charge in [0.05, 0.1) is 0 Å². The molecule has 0 bridgehead atoms. The molecule has 0 saturated carbocycles. The van der Waals surface area contributed by atoms with Gasteiger partial charge in [0.15, 0.2) is 6.10 Å². The third-order valence-electron chi connectivity index (χ3n) is 10.6. The van der Waals surface area contributed by atoms with Crippen molar-refractivity contribution in [3.05, 3.63) is 72.9 Å². The molecule has 0 saturated heterocycles. The third kappa shape index (κ3) is 45.9. The molecule has 0 aliphatic carbocycles. The number of ether oxygens (including phenoxy) is 3. The summed E-state index contributed by atoms with van der Waals surface area (Å²) < 4.78 is 16.7. The zero-order valence-corrected chi connectivity index (χ0v) is 39.2. The van der Waals surface area contributed by atoms with Crippen molar-refractivity contribution < 1.29 is 28.6 Å². The molecule has 1 atom stereocenters. The van der Waals surface area contributed by atoms with Crippen molar-refractivity contribution in [1.29, 1.82) is 0 Å². The summed E-state index contributed by atoms with van der Waals surface area (Å²) in [5, 5.41) is 0. The zero-order valence-electron chi connectivity index (χ0n) is 39.2. The second-order valence-corrected chi connectivity index (χ2v) is 16.4. The van der Waals surface area contributed by atoms with E-state index in [1.165, 1.54) is 109 Å². The number of hydrogen-bond acceptors (Lipinski definition) is 6. The predicted molar refractivity (Wildman–Crippen MR) is 256 cm³/mol. The molecule has 0 N–H and O–H groups in total. The highest BCUT2D eigenvalue weighted by atomic mass is 16.6. The van der Waals surface area contributed by atoms with Gasteiger partial charge in [-0.2, -0.15) is 0 Å². The minimum Gasteiger partial charge on any atom is -0.462 e. The van der Waals surface area contributed by atoms with E-state index in [2.05, 4.69) is 69.4 Å². The first-order valence-electron chi connectivity index (χ1n) is 25.0. The lowest BCUT2D eigenvalue weighted by atomic mass is 10.0. The van der Waals surface area contributed by atoms with E-state index in [-0.39, 0.29) is 37.5 Å². The number of rotatable bonds is 44. The molecule has 0 radical (unpaired) electrons.